The van der Waals surface area contributed by atoms with Gasteiger partial charge in [-0.25, -0.2) is 4.39 Å². The zero-order valence-electron chi connectivity index (χ0n) is 12.9. The number of rotatable bonds is 3. The highest BCUT2D eigenvalue weighted by Crippen LogP contribution is 2.46. The first-order valence-corrected chi connectivity index (χ1v) is 8.41. The van der Waals surface area contributed by atoms with Gasteiger partial charge < -0.3 is 0 Å². The molecule has 1 aromatic carbocycles. The fourth-order valence-corrected chi connectivity index (χ4v) is 4.52. The zero-order chi connectivity index (χ0) is 14.8. The minimum Gasteiger partial charge on any atom is -0.271 e. The van der Waals surface area contributed by atoms with Crippen LogP contribution in [0.25, 0.3) is 0 Å². The molecule has 4 unspecified atom stereocenters. The Hall–Kier alpha value is -0.930. The van der Waals surface area contributed by atoms with E-state index in [1.54, 1.807) is 13.0 Å². The maximum Gasteiger partial charge on any atom is 0.126 e. The second kappa shape index (κ2) is 6.45. The van der Waals surface area contributed by atoms with E-state index in [1.165, 1.54) is 44.9 Å². The van der Waals surface area contributed by atoms with Gasteiger partial charge in [0.15, 0.2) is 0 Å². The quantitative estimate of drug-likeness (QED) is 0.645. The van der Waals surface area contributed by atoms with Crippen molar-refractivity contribution in [2.45, 2.75) is 57.9 Å². The first-order chi connectivity index (χ1) is 10.2. The summed E-state index contributed by atoms with van der Waals surface area (Å²) in [5, 5.41) is 0. The molecule has 0 saturated heterocycles. The molecule has 0 bridgehead atoms. The molecule has 2 aliphatic carbocycles. The summed E-state index contributed by atoms with van der Waals surface area (Å²) in [7, 11) is 0. The highest BCUT2D eigenvalue weighted by molar-refractivity contribution is 5.26. The monoisotopic (exact) mass is 290 g/mol. The van der Waals surface area contributed by atoms with Crippen LogP contribution in [0, 0.1) is 30.5 Å². The van der Waals surface area contributed by atoms with Crippen molar-refractivity contribution in [1.29, 1.82) is 0 Å². The number of benzene rings is 1. The number of fused-ring (bicyclic) bond motifs is 1. The molecule has 0 aromatic heterocycles. The minimum atomic E-state index is -0.126. The largest absolute Gasteiger partial charge is 0.271 e. The molecule has 2 nitrogen and oxygen atoms in total. The van der Waals surface area contributed by atoms with Crippen LogP contribution in [0.1, 0.15) is 62.1 Å². The van der Waals surface area contributed by atoms with Gasteiger partial charge in [0.25, 0.3) is 0 Å². The Balaban J connectivity index is 1.75. The van der Waals surface area contributed by atoms with Crippen LogP contribution in [0.2, 0.25) is 0 Å². The summed E-state index contributed by atoms with van der Waals surface area (Å²) in [4.78, 5) is 0. The molecule has 0 radical (unpaired) electrons. The van der Waals surface area contributed by atoms with Gasteiger partial charge in [0, 0.05) is 6.04 Å². The molecule has 3 rings (SSSR count). The van der Waals surface area contributed by atoms with Crippen LogP contribution in [-0.4, -0.2) is 0 Å². The summed E-state index contributed by atoms with van der Waals surface area (Å²) < 4.78 is 13.8. The number of nitrogens with two attached hydrogens (primary N) is 1. The molecule has 0 heterocycles. The Labute approximate surface area is 127 Å². The van der Waals surface area contributed by atoms with Crippen LogP contribution < -0.4 is 11.3 Å². The molecule has 4 atom stereocenters. The molecule has 1 aromatic rings. The van der Waals surface area contributed by atoms with Crippen molar-refractivity contribution in [1.82, 2.24) is 5.43 Å². The fraction of sp³-hybridized carbons (Fsp3) is 0.667. The highest BCUT2D eigenvalue weighted by Gasteiger charge is 2.35. The SMILES string of the molecule is Cc1ccc(C(NN)C2CCC3CCCCC3C2)cc1F. The lowest BCUT2D eigenvalue weighted by atomic mass is 9.65. The van der Waals surface area contributed by atoms with Crippen molar-refractivity contribution in [2.75, 3.05) is 0 Å². The van der Waals surface area contributed by atoms with Gasteiger partial charge in [-0.3, -0.25) is 11.3 Å². The van der Waals surface area contributed by atoms with Crippen LogP contribution in [0.15, 0.2) is 18.2 Å². The molecule has 0 spiro atoms. The van der Waals surface area contributed by atoms with E-state index in [9.17, 15) is 4.39 Å². The summed E-state index contributed by atoms with van der Waals surface area (Å²) in [6.07, 6.45) is 9.36. The second-order valence-electron chi connectivity index (χ2n) is 7.03. The van der Waals surface area contributed by atoms with Crippen molar-refractivity contribution in [3.63, 3.8) is 0 Å². The molecule has 116 valence electrons. The van der Waals surface area contributed by atoms with Gasteiger partial charge in [0.1, 0.15) is 5.82 Å². The van der Waals surface area contributed by atoms with Gasteiger partial charge in [-0.2, -0.15) is 0 Å². The molecular weight excluding hydrogens is 263 g/mol. The van der Waals surface area contributed by atoms with Gasteiger partial charge in [0.05, 0.1) is 0 Å². The number of nitrogens with one attached hydrogen (secondary N) is 1. The average Bonchev–Trinajstić information content (AvgIpc) is 2.51. The third-order valence-electron chi connectivity index (χ3n) is 5.79. The van der Waals surface area contributed by atoms with Crippen LogP contribution in [0.3, 0.4) is 0 Å². The summed E-state index contributed by atoms with van der Waals surface area (Å²) in [6, 6.07) is 5.63. The van der Waals surface area contributed by atoms with Gasteiger partial charge in [-0.05, 0) is 61.1 Å². The number of aryl methyl sites for hydroxylation is 1. The Morgan fingerprint density at radius 3 is 2.62 bits per heavy atom. The number of halogens is 1. The summed E-state index contributed by atoms with van der Waals surface area (Å²) in [6.45, 7) is 1.80. The molecule has 2 saturated carbocycles. The third kappa shape index (κ3) is 3.14. The predicted octanol–water partition coefficient (Wildman–Crippen LogP) is 4.25. The predicted molar refractivity (Wildman–Crippen MR) is 84.0 cm³/mol. The van der Waals surface area contributed by atoms with Gasteiger partial charge >= 0.3 is 0 Å². The summed E-state index contributed by atoms with van der Waals surface area (Å²) in [5.74, 6) is 8.03. The van der Waals surface area contributed by atoms with E-state index in [2.05, 4.69) is 5.43 Å². The number of hydrogen-bond acceptors (Lipinski definition) is 2. The van der Waals surface area contributed by atoms with Crippen molar-refractivity contribution < 1.29 is 4.39 Å². The average molecular weight is 290 g/mol. The zero-order valence-corrected chi connectivity index (χ0v) is 12.9. The lowest BCUT2D eigenvalue weighted by Crippen LogP contribution is -2.38. The normalized spacial score (nSPS) is 30.7. The van der Waals surface area contributed by atoms with Crippen molar-refractivity contribution in [3.05, 3.63) is 35.1 Å². The summed E-state index contributed by atoms with van der Waals surface area (Å²) >= 11 is 0. The molecule has 3 heteroatoms. The second-order valence-corrected chi connectivity index (χ2v) is 7.03. The number of hydrazine groups is 1. The molecule has 2 fully saturated rings. The van der Waals surface area contributed by atoms with E-state index in [0.29, 0.717) is 11.5 Å². The fourth-order valence-electron chi connectivity index (χ4n) is 4.52. The number of hydrogen-bond donors (Lipinski definition) is 2. The van der Waals surface area contributed by atoms with Gasteiger partial charge in [0.2, 0.25) is 0 Å². The van der Waals surface area contributed by atoms with E-state index in [4.69, 9.17) is 5.84 Å². The van der Waals surface area contributed by atoms with Crippen LogP contribution in [-0.2, 0) is 0 Å². The topological polar surface area (TPSA) is 38.0 Å². The Morgan fingerprint density at radius 1 is 1.14 bits per heavy atom. The standard InChI is InChI=1S/C18H27FN2/c1-12-6-7-16(11-17(12)19)18(21-20)15-9-8-13-4-2-3-5-14(13)10-15/h6-7,11,13-15,18,21H,2-5,8-10,20H2,1H3. The van der Waals surface area contributed by atoms with Crippen molar-refractivity contribution >= 4 is 0 Å². The first kappa shape index (κ1) is 15.0. The van der Waals surface area contributed by atoms with E-state index < -0.39 is 0 Å². The van der Waals surface area contributed by atoms with Crippen molar-refractivity contribution in [2.24, 2.45) is 23.6 Å². The lowest BCUT2D eigenvalue weighted by molar-refractivity contribution is 0.109. The highest BCUT2D eigenvalue weighted by atomic mass is 19.1. The van der Waals surface area contributed by atoms with E-state index in [-0.39, 0.29) is 11.9 Å². The van der Waals surface area contributed by atoms with E-state index >= 15 is 0 Å². The van der Waals surface area contributed by atoms with E-state index in [0.717, 1.165) is 17.4 Å². The Bertz CT molecular complexity index is 488. The molecular formula is C18H27FN2. The van der Waals surface area contributed by atoms with Gasteiger partial charge in [-0.15, -0.1) is 0 Å². The van der Waals surface area contributed by atoms with Crippen LogP contribution in [0.5, 0.6) is 0 Å². The van der Waals surface area contributed by atoms with E-state index in [1.807, 2.05) is 12.1 Å². The maximum atomic E-state index is 13.8. The molecule has 2 aliphatic rings. The van der Waals surface area contributed by atoms with Crippen LogP contribution >= 0.6 is 0 Å². The van der Waals surface area contributed by atoms with Crippen molar-refractivity contribution in [3.8, 4) is 0 Å². The Kier molecular flexibility index (Phi) is 4.60. The van der Waals surface area contributed by atoms with Crippen LogP contribution in [0.4, 0.5) is 4.39 Å². The third-order valence-corrected chi connectivity index (χ3v) is 5.79. The summed E-state index contributed by atoms with van der Waals surface area (Å²) in [5.41, 5.74) is 4.66. The molecule has 0 amide bonds. The maximum absolute atomic E-state index is 13.8. The minimum absolute atomic E-state index is 0.0861. The molecule has 3 N–H and O–H groups in total. The lowest BCUT2D eigenvalue weighted by Gasteiger charge is -2.42. The smallest absolute Gasteiger partial charge is 0.126 e. The first-order valence-electron chi connectivity index (χ1n) is 8.41. The Morgan fingerprint density at radius 2 is 1.90 bits per heavy atom. The molecule has 0 aliphatic heterocycles. The molecule has 21 heavy (non-hydrogen) atoms. The van der Waals surface area contributed by atoms with Gasteiger partial charge in [-0.1, -0.05) is 37.8 Å².